The third-order valence-electron chi connectivity index (χ3n) is 5.67. The van der Waals surface area contributed by atoms with E-state index in [4.69, 9.17) is 0 Å². The van der Waals surface area contributed by atoms with E-state index in [2.05, 4.69) is 4.98 Å². The molecule has 0 spiro atoms. The van der Waals surface area contributed by atoms with Crippen molar-refractivity contribution in [1.29, 1.82) is 0 Å². The Morgan fingerprint density at radius 3 is 2.46 bits per heavy atom. The van der Waals surface area contributed by atoms with E-state index in [9.17, 15) is 22.3 Å². The molecule has 146 valence electrons. The van der Waals surface area contributed by atoms with Crippen molar-refractivity contribution in [3.63, 3.8) is 0 Å². The summed E-state index contributed by atoms with van der Waals surface area (Å²) >= 11 is 0. The van der Waals surface area contributed by atoms with E-state index in [0.717, 1.165) is 10.4 Å². The third-order valence-corrected chi connectivity index (χ3v) is 8.24. The second kappa shape index (κ2) is 5.71. The van der Waals surface area contributed by atoms with Crippen LogP contribution in [0.2, 0.25) is 0 Å². The van der Waals surface area contributed by atoms with Gasteiger partial charge in [0.05, 0.1) is 17.6 Å². The maximum absolute atomic E-state index is 14.0. The zero-order chi connectivity index (χ0) is 20.5. The first-order valence-corrected chi connectivity index (χ1v) is 10.0. The van der Waals surface area contributed by atoms with Gasteiger partial charge in [-0.05, 0) is 45.0 Å². The highest BCUT2D eigenvalue weighted by atomic mass is 32.2. The number of hydrogen-bond acceptors (Lipinski definition) is 4. The van der Waals surface area contributed by atoms with Crippen molar-refractivity contribution >= 4 is 32.3 Å². The second-order valence-corrected chi connectivity index (χ2v) is 9.83. The number of fused-ring (bicyclic) bond motifs is 2. The molecule has 0 saturated heterocycles. The second-order valence-electron chi connectivity index (χ2n) is 7.50. The lowest BCUT2D eigenvalue weighted by molar-refractivity contribution is 0.0207. The first-order valence-electron chi connectivity index (χ1n) is 8.60. The summed E-state index contributed by atoms with van der Waals surface area (Å²) in [6.07, 6.45) is 1.19. The molecule has 1 aliphatic rings. The predicted octanol–water partition coefficient (Wildman–Crippen LogP) is 3.98. The number of hydrogen-bond donors (Lipinski definition) is 1. The Balaban J connectivity index is 2.04. The van der Waals surface area contributed by atoms with Crippen molar-refractivity contribution in [2.75, 3.05) is 4.31 Å². The fraction of sp³-hybridized carbons (Fsp3) is 0.250. The molecule has 0 radical (unpaired) electrons. The van der Waals surface area contributed by atoms with Crippen LogP contribution in [0.15, 0.2) is 48.7 Å². The molecule has 1 atom stereocenters. The molecule has 0 amide bonds. The average molecular weight is 404 g/mol. The van der Waals surface area contributed by atoms with E-state index in [1.165, 1.54) is 39.1 Å². The summed E-state index contributed by atoms with van der Waals surface area (Å²) in [7, 11) is -4.09. The molecule has 1 aliphatic heterocycles. The fourth-order valence-electron chi connectivity index (χ4n) is 3.51. The maximum atomic E-state index is 14.0. The van der Waals surface area contributed by atoms with Gasteiger partial charge < -0.3 is 5.11 Å². The van der Waals surface area contributed by atoms with Gasteiger partial charge in [0.1, 0.15) is 15.9 Å². The summed E-state index contributed by atoms with van der Waals surface area (Å²) in [5.41, 5.74) is -0.915. The first-order chi connectivity index (χ1) is 13.0. The van der Waals surface area contributed by atoms with Crippen LogP contribution in [0.25, 0.3) is 10.9 Å². The molecule has 2 heterocycles. The molecule has 0 fully saturated rings. The highest BCUT2D eigenvalue weighted by molar-refractivity contribution is 7.94. The van der Waals surface area contributed by atoms with Gasteiger partial charge >= 0.3 is 0 Å². The number of sulfonamides is 1. The van der Waals surface area contributed by atoms with Crippen LogP contribution in [-0.2, 0) is 15.6 Å². The van der Waals surface area contributed by atoms with Crippen LogP contribution in [0.5, 0.6) is 0 Å². The van der Waals surface area contributed by atoms with Crippen molar-refractivity contribution in [1.82, 2.24) is 4.98 Å². The highest BCUT2D eigenvalue weighted by Gasteiger charge is 2.58. The summed E-state index contributed by atoms with van der Waals surface area (Å²) in [6, 6.07) is 10.4. The van der Waals surface area contributed by atoms with Crippen LogP contribution < -0.4 is 4.31 Å². The molecule has 1 aromatic heterocycles. The van der Waals surface area contributed by atoms with Gasteiger partial charge in [0.15, 0.2) is 11.6 Å². The summed E-state index contributed by atoms with van der Waals surface area (Å²) in [5.74, 6) is -2.12. The minimum Gasteiger partial charge on any atom is -0.384 e. The Labute approximate surface area is 161 Å². The summed E-state index contributed by atoms with van der Waals surface area (Å²) in [5, 5.41) is 11.3. The lowest BCUT2D eigenvalue weighted by Gasteiger charge is -2.48. The Kier molecular flexibility index (Phi) is 3.83. The minimum absolute atomic E-state index is 0.175. The quantitative estimate of drug-likeness (QED) is 0.666. The molecule has 4 rings (SSSR count). The van der Waals surface area contributed by atoms with Gasteiger partial charge in [-0.1, -0.05) is 18.2 Å². The van der Waals surface area contributed by atoms with E-state index in [0.29, 0.717) is 5.56 Å². The number of nitrogens with zero attached hydrogens (tertiary/aromatic N) is 2. The summed E-state index contributed by atoms with van der Waals surface area (Å²) < 4.78 is 53.9. The summed E-state index contributed by atoms with van der Waals surface area (Å²) in [6.45, 7) is 4.38. The number of halogens is 2. The normalized spacial score (nSPS) is 22.9. The van der Waals surface area contributed by atoms with E-state index in [1.807, 2.05) is 0 Å². The van der Waals surface area contributed by atoms with E-state index in [1.54, 1.807) is 24.3 Å². The lowest BCUT2D eigenvalue weighted by atomic mass is 9.83. The zero-order valence-electron chi connectivity index (χ0n) is 15.4. The van der Waals surface area contributed by atoms with E-state index < -0.39 is 32.0 Å². The molecular formula is C20H18F2N2O3S. The smallest absolute Gasteiger partial charge is 0.247 e. The van der Waals surface area contributed by atoms with Crippen LogP contribution in [0.1, 0.15) is 26.3 Å². The standard InChI is InChI=1S/C20H18F2N2O3S/c1-19(2)20(3,25)14-6-4-5-7-16(14)24(28(19,26)27)13-10-12-8-9-15(21)17(22)18(12)23-11-13/h4-11,25H,1-3H3. The Morgan fingerprint density at radius 1 is 1.07 bits per heavy atom. The third kappa shape index (κ3) is 2.24. The van der Waals surface area contributed by atoms with Gasteiger partial charge in [-0.3, -0.25) is 4.98 Å². The number of aromatic nitrogens is 1. The van der Waals surface area contributed by atoms with E-state index in [-0.39, 0.29) is 22.3 Å². The molecular weight excluding hydrogens is 386 g/mol. The molecule has 1 N–H and O–H groups in total. The average Bonchev–Trinajstić information content (AvgIpc) is 2.64. The van der Waals surface area contributed by atoms with Crippen molar-refractivity contribution in [2.45, 2.75) is 31.1 Å². The molecule has 5 nitrogen and oxygen atoms in total. The Hall–Kier alpha value is -2.58. The number of rotatable bonds is 1. The monoisotopic (exact) mass is 404 g/mol. The zero-order valence-corrected chi connectivity index (χ0v) is 16.3. The number of aliphatic hydroxyl groups is 1. The van der Waals surface area contributed by atoms with E-state index >= 15 is 0 Å². The van der Waals surface area contributed by atoms with Gasteiger partial charge in [-0.25, -0.2) is 21.5 Å². The van der Waals surface area contributed by atoms with Crippen LogP contribution >= 0.6 is 0 Å². The van der Waals surface area contributed by atoms with Gasteiger partial charge in [0, 0.05) is 10.9 Å². The minimum atomic E-state index is -4.09. The SMILES string of the molecule is CC1(O)c2ccccc2N(c2cnc3c(F)c(F)ccc3c2)S(=O)(=O)C1(C)C. The fourth-order valence-corrected chi connectivity index (χ4v) is 5.38. The number of anilines is 2. The van der Waals surface area contributed by atoms with Crippen molar-refractivity contribution < 1.29 is 22.3 Å². The molecule has 0 aliphatic carbocycles. The predicted molar refractivity (Wildman–Crippen MR) is 103 cm³/mol. The topological polar surface area (TPSA) is 70.5 Å². The van der Waals surface area contributed by atoms with Crippen molar-refractivity contribution in [3.8, 4) is 0 Å². The van der Waals surface area contributed by atoms with Gasteiger partial charge in [0.25, 0.3) is 0 Å². The van der Waals surface area contributed by atoms with Crippen LogP contribution in [-0.4, -0.2) is 23.3 Å². The van der Waals surface area contributed by atoms with Gasteiger partial charge in [-0.15, -0.1) is 0 Å². The molecule has 2 aromatic carbocycles. The van der Waals surface area contributed by atoms with Crippen molar-refractivity contribution in [3.05, 3.63) is 65.9 Å². The lowest BCUT2D eigenvalue weighted by Crippen LogP contribution is -2.59. The Bertz CT molecular complexity index is 1220. The van der Waals surface area contributed by atoms with Gasteiger partial charge in [0.2, 0.25) is 10.0 Å². The maximum Gasteiger partial charge on any atom is 0.247 e. The van der Waals surface area contributed by atoms with Crippen LogP contribution in [0.3, 0.4) is 0 Å². The molecule has 8 heteroatoms. The van der Waals surface area contributed by atoms with Gasteiger partial charge in [-0.2, -0.15) is 0 Å². The molecule has 3 aromatic rings. The molecule has 28 heavy (non-hydrogen) atoms. The number of benzene rings is 2. The highest BCUT2D eigenvalue weighted by Crippen LogP contribution is 2.51. The molecule has 0 saturated carbocycles. The summed E-state index contributed by atoms with van der Waals surface area (Å²) in [4.78, 5) is 3.96. The Morgan fingerprint density at radius 2 is 1.75 bits per heavy atom. The number of para-hydroxylation sites is 1. The molecule has 1 unspecified atom stereocenters. The largest absolute Gasteiger partial charge is 0.384 e. The molecule has 0 bridgehead atoms. The number of pyridine rings is 1. The first kappa shape index (κ1) is 18.8. The van der Waals surface area contributed by atoms with Crippen molar-refractivity contribution in [2.24, 2.45) is 0 Å². The van der Waals surface area contributed by atoms with Crippen LogP contribution in [0.4, 0.5) is 20.2 Å². The van der Waals surface area contributed by atoms with Crippen LogP contribution in [0, 0.1) is 11.6 Å².